The van der Waals surface area contributed by atoms with Gasteiger partial charge in [-0.15, -0.1) is 0 Å². The van der Waals surface area contributed by atoms with Gasteiger partial charge in [-0.2, -0.15) is 4.99 Å². The molecule has 4 aromatic rings. The fourth-order valence-electron chi connectivity index (χ4n) is 5.64. The summed E-state index contributed by atoms with van der Waals surface area (Å²) in [6.07, 6.45) is 5.06. The van der Waals surface area contributed by atoms with Gasteiger partial charge in [0.25, 0.3) is 0 Å². The third-order valence-corrected chi connectivity index (χ3v) is 9.19. The number of primary amides is 1. The van der Waals surface area contributed by atoms with Crippen molar-refractivity contribution in [1.82, 2.24) is 14.5 Å². The van der Waals surface area contributed by atoms with Crippen molar-refractivity contribution in [2.75, 3.05) is 71.3 Å². The number of anilines is 2. The lowest BCUT2D eigenvalue weighted by molar-refractivity contribution is 0.0358. The zero-order valence-electron chi connectivity index (χ0n) is 29.2. The summed E-state index contributed by atoms with van der Waals surface area (Å²) in [6.45, 7) is 8.70. The number of allylic oxidation sites excluding steroid dienone is 1. The number of carbonyl (C=O) groups is 3. The highest BCUT2D eigenvalue weighted by atomic mass is 32.1. The van der Waals surface area contributed by atoms with E-state index in [2.05, 4.69) is 20.2 Å². The number of hydrogen-bond donors (Lipinski definition) is 3. The minimum absolute atomic E-state index is 0.0834. The number of nitrogens with two attached hydrogens (primary N) is 2. The van der Waals surface area contributed by atoms with Crippen molar-refractivity contribution < 1.29 is 37.7 Å². The van der Waals surface area contributed by atoms with Crippen molar-refractivity contribution in [2.45, 2.75) is 33.2 Å². The standard InChI is InChI=1S/C35H43N7O8S/c1-5-25-31(50-21(2)39-25)33(44)40-35-42(30-27(46-3)19-23(34(45)47-4)20-28(30)51-35)11-7-6-9-38-29-24(36)17-22(32(37)43)18-26(29)49-14-8-10-41-12-15-48-16-13-41/h6-7,17-20,38H,5,8-16,36H2,1-4H3,(H2,37,43)/b7-6+,40-35?. The summed E-state index contributed by atoms with van der Waals surface area (Å²) in [4.78, 5) is 49.1. The van der Waals surface area contributed by atoms with Crippen LogP contribution in [0.5, 0.6) is 11.5 Å². The van der Waals surface area contributed by atoms with Crippen LogP contribution in [-0.2, 0) is 22.4 Å². The van der Waals surface area contributed by atoms with Gasteiger partial charge in [0, 0.05) is 45.2 Å². The van der Waals surface area contributed by atoms with Crippen molar-refractivity contribution in [2.24, 2.45) is 10.7 Å². The number of nitrogens with one attached hydrogen (secondary N) is 1. The molecule has 1 saturated heterocycles. The first-order valence-electron chi connectivity index (χ1n) is 16.5. The van der Waals surface area contributed by atoms with Crippen LogP contribution in [0.1, 0.15) is 56.2 Å². The summed E-state index contributed by atoms with van der Waals surface area (Å²) >= 11 is 1.22. The molecule has 1 fully saturated rings. The van der Waals surface area contributed by atoms with Gasteiger partial charge in [-0.3, -0.25) is 14.5 Å². The number of ether oxygens (including phenoxy) is 4. The number of hydrogen-bond acceptors (Lipinski definition) is 13. The van der Waals surface area contributed by atoms with Crippen molar-refractivity contribution in [1.29, 1.82) is 0 Å². The highest BCUT2D eigenvalue weighted by Gasteiger charge is 2.21. The number of esters is 1. The Bertz CT molecular complexity index is 1990. The average Bonchev–Trinajstić information content (AvgIpc) is 3.69. The molecule has 1 aliphatic heterocycles. The summed E-state index contributed by atoms with van der Waals surface area (Å²) in [7, 11) is 2.80. The lowest BCUT2D eigenvalue weighted by atomic mass is 10.1. The highest BCUT2D eigenvalue weighted by Crippen LogP contribution is 2.33. The SMILES string of the molecule is CCc1nc(C)oc1C(=O)N=c1sc2cc(C(=O)OC)cc(OC)c2n1C/C=C/CNc1c(N)cc(C(N)=O)cc1OCCCN1CCOCC1. The Kier molecular flexibility index (Phi) is 12.5. The fourth-order valence-corrected chi connectivity index (χ4v) is 6.73. The summed E-state index contributed by atoms with van der Waals surface area (Å²) in [5.74, 6) is -0.406. The molecule has 2 amide bonds. The van der Waals surface area contributed by atoms with Crippen LogP contribution in [0.15, 0.2) is 45.8 Å². The molecule has 0 aliphatic carbocycles. The number of nitrogens with zero attached hydrogens (tertiary/aromatic N) is 4. The second-order valence-corrected chi connectivity index (χ2v) is 12.6. The Morgan fingerprint density at radius 1 is 1.10 bits per heavy atom. The van der Waals surface area contributed by atoms with Crippen molar-refractivity contribution >= 4 is 50.7 Å². The minimum atomic E-state index is -0.607. The Balaban J connectivity index is 1.38. The zero-order valence-corrected chi connectivity index (χ0v) is 30.0. The predicted molar refractivity (Wildman–Crippen MR) is 193 cm³/mol. The number of amides is 2. The highest BCUT2D eigenvalue weighted by molar-refractivity contribution is 7.16. The molecule has 0 radical (unpaired) electrons. The molecule has 0 unspecified atom stereocenters. The molecule has 2 aromatic heterocycles. The van der Waals surface area contributed by atoms with E-state index >= 15 is 0 Å². The monoisotopic (exact) mass is 721 g/mol. The summed E-state index contributed by atoms with van der Waals surface area (Å²) in [6, 6.07) is 6.37. The van der Waals surface area contributed by atoms with Gasteiger partial charge in [-0.05, 0) is 37.1 Å². The summed E-state index contributed by atoms with van der Waals surface area (Å²) in [5.41, 5.74) is 14.5. The number of aromatic nitrogens is 2. The molecule has 0 atom stereocenters. The Hall–Kier alpha value is -5.19. The van der Waals surface area contributed by atoms with Crippen LogP contribution in [-0.4, -0.2) is 92.5 Å². The zero-order chi connectivity index (χ0) is 36.5. The number of benzene rings is 2. The fraction of sp³-hybridized carbons (Fsp3) is 0.400. The smallest absolute Gasteiger partial charge is 0.338 e. The predicted octanol–water partition coefficient (Wildman–Crippen LogP) is 3.55. The average molecular weight is 722 g/mol. The number of thiazole rings is 1. The third kappa shape index (κ3) is 8.95. The number of morpholine rings is 1. The largest absolute Gasteiger partial charge is 0.494 e. The van der Waals surface area contributed by atoms with Crippen LogP contribution < -0.4 is 31.1 Å². The number of fused-ring (bicyclic) bond motifs is 1. The van der Waals surface area contributed by atoms with E-state index in [4.69, 9.17) is 34.8 Å². The molecule has 0 spiro atoms. The first-order chi connectivity index (χ1) is 24.6. The second kappa shape index (κ2) is 17.2. The van der Waals surface area contributed by atoms with Gasteiger partial charge >= 0.3 is 11.9 Å². The molecular formula is C35H43N7O8S. The molecule has 5 rings (SSSR count). The summed E-state index contributed by atoms with van der Waals surface area (Å²) in [5, 5.41) is 3.29. The third-order valence-electron chi connectivity index (χ3n) is 8.16. The Labute approximate surface area is 298 Å². The maximum atomic E-state index is 13.3. The molecule has 272 valence electrons. The van der Waals surface area contributed by atoms with Gasteiger partial charge < -0.3 is 44.7 Å². The first kappa shape index (κ1) is 37.1. The number of methoxy groups -OCH3 is 2. The van der Waals surface area contributed by atoms with E-state index in [1.165, 1.54) is 31.6 Å². The number of oxazole rings is 1. The lowest BCUT2D eigenvalue weighted by Gasteiger charge is -2.26. The quantitative estimate of drug-likeness (QED) is 0.0700. The lowest BCUT2D eigenvalue weighted by Crippen LogP contribution is -2.37. The number of nitrogen functional groups attached to an aromatic ring is 1. The number of rotatable bonds is 15. The van der Waals surface area contributed by atoms with Gasteiger partial charge in [-0.25, -0.2) is 9.78 Å². The molecule has 0 bridgehead atoms. The van der Waals surface area contributed by atoms with Gasteiger partial charge in [-0.1, -0.05) is 30.4 Å². The van der Waals surface area contributed by atoms with Crippen LogP contribution >= 0.6 is 11.3 Å². The number of aryl methyl sites for hydroxylation is 2. The molecule has 2 aromatic carbocycles. The van der Waals surface area contributed by atoms with E-state index in [1.807, 2.05) is 23.6 Å². The molecule has 15 nitrogen and oxygen atoms in total. The van der Waals surface area contributed by atoms with E-state index in [0.29, 0.717) is 81.2 Å². The van der Waals surface area contributed by atoms with E-state index in [9.17, 15) is 14.4 Å². The Morgan fingerprint density at radius 3 is 2.57 bits per heavy atom. The molecule has 16 heteroatoms. The second-order valence-electron chi connectivity index (χ2n) is 11.6. The van der Waals surface area contributed by atoms with E-state index in [-0.39, 0.29) is 11.3 Å². The maximum absolute atomic E-state index is 13.3. The van der Waals surface area contributed by atoms with E-state index < -0.39 is 17.8 Å². The van der Waals surface area contributed by atoms with E-state index in [1.54, 1.807) is 25.1 Å². The summed E-state index contributed by atoms with van der Waals surface area (Å²) < 4.78 is 30.2. The molecule has 51 heavy (non-hydrogen) atoms. The topological polar surface area (TPSA) is 199 Å². The van der Waals surface area contributed by atoms with Crippen molar-refractivity contribution in [3.05, 3.63) is 69.7 Å². The van der Waals surface area contributed by atoms with Crippen LogP contribution in [0.25, 0.3) is 10.2 Å². The van der Waals surface area contributed by atoms with Crippen molar-refractivity contribution in [3.8, 4) is 11.5 Å². The van der Waals surface area contributed by atoms with Crippen LogP contribution in [0.4, 0.5) is 11.4 Å². The molecule has 3 heterocycles. The van der Waals surface area contributed by atoms with Crippen LogP contribution in [0.3, 0.4) is 0 Å². The van der Waals surface area contributed by atoms with Crippen LogP contribution in [0, 0.1) is 6.92 Å². The normalized spacial score (nSPS) is 13.9. The van der Waals surface area contributed by atoms with E-state index in [0.717, 1.165) is 39.3 Å². The molecule has 1 aliphatic rings. The van der Waals surface area contributed by atoms with Gasteiger partial charge in [0.05, 0.1) is 55.7 Å². The Morgan fingerprint density at radius 2 is 1.86 bits per heavy atom. The van der Waals surface area contributed by atoms with Gasteiger partial charge in [0.15, 0.2) is 10.7 Å². The molecule has 0 saturated carbocycles. The first-order valence-corrected chi connectivity index (χ1v) is 17.3. The van der Waals surface area contributed by atoms with Gasteiger partial charge in [0.1, 0.15) is 22.7 Å². The van der Waals surface area contributed by atoms with Gasteiger partial charge in [0.2, 0.25) is 11.7 Å². The molecule has 5 N–H and O–H groups in total. The maximum Gasteiger partial charge on any atom is 0.338 e. The minimum Gasteiger partial charge on any atom is -0.494 e. The molecular weight excluding hydrogens is 678 g/mol. The number of carbonyl (C=O) groups excluding carboxylic acids is 3. The van der Waals surface area contributed by atoms with Crippen LogP contribution in [0.2, 0.25) is 0 Å². The van der Waals surface area contributed by atoms with Crippen molar-refractivity contribution in [3.63, 3.8) is 0 Å².